The maximum absolute atomic E-state index is 13.2. The molecule has 2 aromatic carbocycles. The second kappa shape index (κ2) is 14.0. The summed E-state index contributed by atoms with van der Waals surface area (Å²) in [6.07, 6.45) is 2.58. The zero-order chi connectivity index (χ0) is 25.8. The maximum atomic E-state index is 13.2. The summed E-state index contributed by atoms with van der Waals surface area (Å²) in [6.45, 7) is 1.30. The first-order valence-corrected chi connectivity index (χ1v) is 12.6. The van der Waals surface area contributed by atoms with Gasteiger partial charge in [-0.3, -0.25) is 19.2 Å². The van der Waals surface area contributed by atoms with Crippen LogP contribution in [0, 0.1) is 0 Å². The summed E-state index contributed by atoms with van der Waals surface area (Å²) in [4.78, 5) is 50.0. The summed E-state index contributed by atoms with van der Waals surface area (Å²) >= 11 is 1.52. The number of phenols is 1. The molecule has 0 saturated carbocycles. The number of hydrogen-bond acceptors (Lipinski definition) is 6. The number of phenolic OH excluding ortho intramolecular Hbond substituents is 1. The van der Waals surface area contributed by atoms with Crippen LogP contribution in [0.25, 0.3) is 0 Å². The van der Waals surface area contributed by atoms with Crippen LogP contribution in [0.4, 0.5) is 0 Å². The van der Waals surface area contributed by atoms with Crippen LogP contribution in [0.2, 0.25) is 0 Å². The van der Waals surface area contributed by atoms with E-state index in [1.807, 2.05) is 36.6 Å². The zero-order valence-corrected chi connectivity index (χ0v) is 20.6. The molecule has 0 spiro atoms. The van der Waals surface area contributed by atoms with Gasteiger partial charge in [0.05, 0.1) is 0 Å². The molecule has 0 heterocycles. The highest BCUT2D eigenvalue weighted by molar-refractivity contribution is 7.98. The highest BCUT2D eigenvalue weighted by Crippen LogP contribution is 2.12. The van der Waals surface area contributed by atoms with Crippen molar-refractivity contribution in [2.75, 3.05) is 12.0 Å². The minimum Gasteiger partial charge on any atom is -0.508 e. The lowest BCUT2D eigenvalue weighted by Gasteiger charge is -2.25. The van der Waals surface area contributed by atoms with Crippen molar-refractivity contribution < 1.29 is 24.3 Å². The van der Waals surface area contributed by atoms with Crippen LogP contribution in [0.1, 0.15) is 24.5 Å². The monoisotopic (exact) mass is 500 g/mol. The van der Waals surface area contributed by atoms with Crippen LogP contribution >= 0.6 is 11.8 Å². The maximum Gasteiger partial charge on any atom is 0.243 e. The van der Waals surface area contributed by atoms with Gasteiger partial charge in [0.1, 0.15) is 23.9 Å². The molecule has 0 aliphatic rings. The number of carbonyl (C=O) groups is 4. The van der Waals surface area contributed by atoms with E-state index in [1.54, 1.807) is 12.1 Å². The Morgan fingerprint density at radius 3 is 1.86 bits per heavy atom. The lowest BCUT2D eigenvalue weighted by molar-refractivity contribution is -0.133. The van der Waals surface area contributed by atoms with Crippen LogP contribution in [-0.2, 0) is 32.0 Å². The Labute approximate surface area is 209 Å². The van der Waals surface area contributed by atoms with E-state index in [2.05, 4.69) is 16.0 Å². The molecule has 9 nitrogen and oxygen atoms in total. The molecule has 0 aliphatic carbocycles. The first-order valence-electron chi connectivity index (χ1n) is 11.2. The molecule has 6 N–H and O–H groups in total. The van der Waals surface area contributed by atoms with Crippen LogP contribution in [0.3, 0.4) is 0 Å². The predicted molar refractivity (Wildman–Crippen MR) is 136 cm³/mol. The van der Waals surface area contributed by atoms with Crippen LogP contribution in [0.5, 0.6) is 5.75 Å². The molecule has 0 radical (unpaired) electrons. The number of amides is 4. The predicted octanol–water partition coefficient (Wildman–Crippen LogP) is 0.890. The van der Waals surface area contributed by atoms with Gasteiger partial charge in [0.2, 0.25) is 23.6 Å². The first-order chi connectivity index (χ1) is 16.7. The van der Waals surface area contributed by atoms with Gasteiger partial charge in [-0.25, -0.2) is 0 Å². The van der Waals surface area contributed by atoms with Gasteiger partial charge in [0, 0.05) is 19.8 Å². The molecular weight excluding hydrogens is 468 g/mol. The average Bonchev–Trinajstić information content (AvgIpc) is 2.82. The Morgan fingerprint density at radius 1 is 0.829 bits per heavy atom. The number of carbonyl (C=O) groups excluding carboxylic acids is 4. The van der Waals surface area contributed by atoms with Crippen molar-refractivity contribution in [3.63, 3.8) is 0 Å². The number of nitrogens with one attached hydrogen (secondary N) is 3. The third-order valence-corrected chi connectivity index (χ3v) is 5.90. The fourth-order valence-electron chi connectivity index (χ4n) is 3.45. The van der Waals surface area contributed by atoms with E-state index in [-0.39, 0.29) is 18.6 Å². The molecular formula is C25H32N4O5S. The topological polar surface area (TPSA) is 151 Å². The van der Waals surface area contributed by atoms with Crippen molar-refractivity contribution >= 4 is 35.4 Å². The van der Waals surface area contributed by atoms with Crippen molar-refractivity contribution in [3.8, 4) is 5.75 Å². The minimum atomic E-state index is -1.00. The Balaban J connectivity index is 2.23. The van der Waals surface area contributed by atoms with Gasteiger partial charge in [-0.15, -0.1) is 0 Å². The normalized spacial score (nSPS) is 13.2. The molecule has 188 valence electrons. The summed E-state index contributed by atoms with van der Waals surface area (Å²) in [6, 6.07) is 12.6. The third kappa shape index (κ3) is 9.70. The average molecular weight is 501 g/mol. The lowest BCUT2D eigenvalue weighted by Crippen LogP contribution is -2.57. The zero-order valence-electron chi connectivity index (χ0n) is 19.8. The molecule has 0 saturated heterocycles. The molecule has 0 unspecified atom stereocenters. The highest BCUT2D eigenvalue weighted by atomic mass is 32.2. The first kappa shape index (κ1) is 27.7. The van der Waals surface area contributed by atoms with Crippen LogP contribution < -0.4 is 21.7 Å². The van der Waals surface area contributed by atoms with Crippen molar-refractivity contribution in [1.29, 1.82) is 0 Å². The Bertz CT molecular complexity index is 1000. The molecule has 3 atom stereocenters. The molecule has 2 aromatic rings. The number of primary amides is 1. The van der Waals surface area contributed by atoms with Crippen molar-refractivity contribution in [2.24, 2.45) is 5.73 Å². The minimum absolute atomic E-state index is 0.0827. The van der Waals surface area contributed by atoms with Crippen molar-refractivity contribution in [2.45, 2.75) is 44.3 Å². The van der Waals surface area contributed by atoms with E-state index in [4.69, 9.17) is 5.73 Å². The standard InChI is InChI=1S/C25H32N4O5S/c1-16(30)27-21(15-18-8-10-19(31)11-9-18)24(33)29-22(14-17-6-4-3-5-7-17)25(34)28-20(23(26)32)12-13-35-2/h3-11,20-22,31H,12-15H2,1-2H3,(H2,26,32)(H,27,30)(H,28,34)(H,29,33)/t20-,21-,22-/m0/s1. The van der Waals surface area contributed by atoms with Crippen molar-refractivity contribution in [1.82, 2.24) is 16.0 Å². The second-order valence-electron chi connectivity index (χ2n) is 8.12. The summed E-state index contributed by atoms with van der Waals surface area (Å²) < 4.78 is 0. The second-order valence-corrected chi connectivity index (χ2v) is 9.11. The fraction of sp³-hybridized carbons (Fsp3) is 0.360. The Hall–Kier alpha value is -3.53. The van der Waals surface area contributed by atoms with Gasteiger partial charge >= 0.3 is 0 Å². The number of benzene rings is 2. The molecule has 10 heteroatoms. The molecule has 2 rings (SSSR count). The van der Waals surface area contributed by atoms with E-state index in [9.17, 15) is 24.3 Å². The lowest BCUT2D eigenvalue weighted by atomic mass is 10.0. The summed E-state index contributed by atoms with van der Waals surface area (Å²) in [5, 5.41) is 17.5. The summed E-state index contributed by atoms with van der Waals surface area (Å²) in [5.41, 5.74) is 6.99. The molecule has 0 aromatic heterocycles. The van der Waals surface area contributed by atoms with Crippen LogP contribution in [0.15, 0.2) is 54.6 Å². The fourth-order valence-corrected chi connectivity index (χ4v) is 3.92. The van der Waals surface area contributed by atoms with E-state index >= 15 is 0 Å². The highest BCUT2D eigenvalue weighted by Gasteiger charge is 2.29. The molecule has 4 amide bonds. The molecule has 0 bridgehead atoms. The number of hydrogen-bond donors (Lipinski definition) is 5. The van der Waals surface area contributed by atoms with E-state index in [0.717, 1.165) is 5.56 Å². The van der Waals surface area contributed by atoms with Gasteiger partial charge in [0.25, 0.3) is 0 Å². The largest absolute Gasteiger partial charge is 0.508 e. The third-order valence-electron chi connectivity index (χ3n) is 5.26. The van der Waals surface area contributed by atoms with E-state index < -0.39 is 41.8 Å². The summed E-state index contributed by atoms with van der Waals surface area (Å²) in [7, 11) is 0. The van der Waals surface area contributed by atoms with Gasteiger partial charge < -0.3 is 26.8 Å². The van der Waals surface area contributed by atoms with Crippen LogP contribution in [-0.4, -0.2) is 58.9 Å². The Kier molecular flexibility index (Phi) is 11.1. The number of thioether (sulfide) groups is 1. The molecule has 0 aliphatic heterocycles. The van der Waals surface area contributed by atoms with Gasteiger partial charge in [-0.2, -0.15) is 11.8 Å². The Morgan fingerprint density at radius 2 is 1.34 bits per heavy atom. The SMILES string of the molecule is CSCC[C@H](NC(=O)[C@H](Cc1ccccc1)NC(=O)[C@H](Cc1ccc(O)cc1)NC(C)=O)C(N)=O. The number of nitrogens with two attached hydrogens (primary N) is 1. The number of aromatic hydroxyl groups is 1. The van der Waals surface area contributed by atoms with Gasteiger partial charge in [-0.1, -0.05) is 42.5 Å². The van der Waals surface area contributed by atoms with Gasteiger partial charge in [0.15, 0.2) is 0 Å². The molecule has 35 heavy (non-hydrogen) atoms. The van der Waals surface area contributed by atoms with E-state index in [1.165, 1.54) is 30.8 Å². The van der Waals surface area contributed by atoms with Gasteiger partial charge in [-0.05, 0) is 41.7 Å². The smallest absolute Gasteiger partial charge is 0.243 e. The number of rotatable bonds is 13. The van der Waals surface area contributed by atoms with E-state index in [0.29, 0.717) is 17.7 Å². The van der Waals surface area contributed by atoms with Crippen molar-refractivity contribution in [3.05, 3.63) is 65.7 Å². The summed E-state index contributed by atoms with van der Waals surface area (Å²) in [5.74, 6) is -1.44. The quantitative estimate of drug-likeness (QED) is 0.276. The molecule has 0 fully saturated rings.